The van der Waals surface area contributed by atoms with E-state index in [1.165, 1.54) is 0 Å². The summed E-state index contributed by atoms with van der Waals surface area (Å²) in [5.74, 6) is 0.891. The van der Waals surface area contributed by atoms with Crippen LogP contribution in [0.5, 0.6) is 5.75 Å². The van der Waals surface area contributed by atoms with Gasteiger partial charge in [0.05, 0.1) is 25.5 Å². The summed E-state index contributed by atoms with van der Waals surface area (Å²) < 4.78 is 5.12. The SMILES string of the molecule is COc1ccc(-c2cc(C(=O)NC(CO)CC(C)C)[nH]n2)cc1. The molecule has 23 heavy (non-hydrogen) atoms. The summed E-state index contributed by atoms with van der Waals surface area (Å²) in [7, 11) is 1.61. The molecular weight excluding hydrogens is 294 g/mol. The molecule has 1 amide bonds. The third kappa shape index (κ3) is 4.56. The fourth-order valence-electron chi connectivity index (χ4n) is 2.36. The number of aliphatic hydroxyl groups is 1. The van der Waals surface area contributed by atoms with Crippen molar-refractivity contribution in [1.29, 1.82) is 0 Å². The minimum absolute atomic E-state index is 0.0800. The Morgan fingerprint density at radius 3 is 2.61 bits per heavy atom. The van der Waals surface area contributed by atoms with Crippen LogP contribution in [0.2, 0.25) is 0 Å². The first-order valence-corrected chi connectivity index (χ1v) is 7.65. The summed E-state index contributed by atoms with van der Waals surface area (Å²) in [5, 5.41) is 19.1. The average molecular weight is 317 g/mol. The van der Waals surface area contributed by atoms with Gasteiger partial charge in [-0.05, 0) is 42.7 Å². The maximum Gasteiger partial charge on any atom is 0.269 e. The summed E-state index contributed by atoms with van der Waals surface area (Å²) in [4.78, 5) is 12.2. The number of nitrogens with zero attached hydrogens (tertiary/aromatic N) is 1. The van der Waals surface area contributed by atoms with Crippen molar-refractivity contribution >= 4 is 5.91 Å². The predicted octanol–water partition coefficient (Wildman–Crippen LogP) is 2.22. The highest BCUT2D eigenvalue weighted by Crippen LogP contribution is 2.21. The quantitative estimate of drug-likeness (QED) is 0.731. The molecule has 0 fully saturated rings. The van der Waals surface area contributed by atoms with Crippen LogP contribution in [0.1, 0.15) is 30.8 Å². The summed E-state index contributed by atoms with van der Waals surface area (Å²) >= 11 is 0. The smallest absolute Gasteiger partial charge is 0.269 e. The molecule has 0 spiro atoms. The van der Waals surface area contributed by atoms with Gasteiger partial charge >= 0.3 is 0 Å². The molecule has 0 saturated carbocycles. The zero-order valence-corrected chi connectivity index (χ0v) is 13.7. The van der Waals surface area contributed by atoms with Crippen molar-refractivity contribution in [3.05, 3.63) is 36.0 Å². The normalized spacial score (nSPS) is 12.2. The zero-order chi connectivity index (χ0) is 16.8. The molecule has 1 atom stereocenters. The van der Waals surface area contributed by atoms with Crippen molar-refractivity contribution in [1.82, 2.24) is 15.5 Å². The number of methoxy groups -OCH3 is 1. The first-order chi connectivity index (χ1) is 11.0. The maximum absolute atomic E-state index is 12.2. The number of hydrogen-bond acceptors (Lipinski definition) is 4. The van der Waals surface area contributed by atoms with Gasteiger partial charge in [0.1, 0.15) is 11.4 Å². The van der Waals surface area contributed by atoms with Gasteiger partial charge in [0, 0.05) is 5.56 Å². The highest BCUT2D eigenvalue weighted by molar-refractivity contribution is 5.93. The molecule has 3 N–H and O–H groups in total. The fraction of sp³-hybridized carbons (Fsp3) is 0.412. The summed E-state index contributed by atoms with van der Waals surface area (Å²) in [6.07, 6.45) is 0.724. The summed E-state index contributed by atoms with van der Waals surface area (Å²) in [6.45, 7) is 4.02. The molecule has 1 aromatic heterocycles. The van der Waals surface area contributed by atoms with Crippen molar-refractivity contribution in [3.63, 3.8) is 0 Å². The van der Waals surface area contributed by atoms with Crippen LogP contribution < -0.4 is 10.1 Å². The van der Waals surface area contributed by atoms with E-state index in [-0.39, 0.29) is 18.6 Å². The molecule has 6 nitrogen and oxygen atoms in total. The van der Waals surface area contributed by atoms with Gasteiger partial charge in [-0.1, -0.05) is 13.8 Å². The van der Waals surface area contributed by atoms with E-state index in [2.05, 4.69) is 15.5 Å². The number of aromatic amines is 1. The van der Waals surface area contributed by atoms with Gasteiger partial charge in [0.2, 0.25) is 0 Å². The van der Waals surface area contributed by atoms with E-state index < -0.39 is 0 Å². The highest BCUT2D eigenvalue weighted by Gasteiger charge is 2.16. The van der Waals surface area contributed by atoms with E-state index in [1.807, 2.05) is 38.1 Å². The standard InChI is InChI=1S/C17H23N3O3/c1-11(2)8-13(10-21)18-17(22)16-9-15(19-20-16)12-4-6-14(23-3)7-5-12/h4-7,9,11,13,21H,8,10H2,1-3H3,(H,18,22)(H,19,20). The maximum atomic E-state index is 12.2. The van der Waals surface area contributed by atoms with Crippen LogP contribution in [0.25, 0.3) is 11.3 Å². The second-order valence-electron chi connectivity index (χ2n) is 5.88. The van der Waals surface area contributed by atoms with Crippen molar-refractivity contribution in [2.75, 3.05) is 13.7 Å². The Morgan fingerprint density at radius 2 is 2.04 bits per heavy atom. The monoisotopic (exact) mass is 317 g/mol. The number of aromatic nitrogens is 2. The van der Waals surface area contributed by atoms with Gasteiger partial charge in [-0.2, -0.15) is 5.10 Å². The first kappa shape index (κ1) is 17.0. The molecular formula is C17H23N3O3. The van der Waals surface area contributed by atoms with Crippen molar-refractivity contribution in [2.45, 2.75) is 26.3 Å². The minimum Gasteiger partial charge on any atom is -0.497 e. The molecule has 6 heteroatoms. The van der Waals surface area contributed by atoms with Gasteiger partial charge < -0.3 is 15.2 Å². The number of ether oxygens (including phenoxy) is 1. The van der Waals surface area contributed by atoms with E-state index in [9.17, 15) is 9.90 Å². The van der Waals surface area contributed by atoms with Crippen LogP contribution in [0, 0.1) is 5.92 Å². The molecule has 2 rings (SSSR count). The van der Waals surface area contributed by atoms with Gasteiger partial charge in [-0.3, -0.25) is 9.89 Å². The number of aliphatic hydroxyl groups excluding tert-OH is 1. The Hall–Kier alpha value is -2.34. The number of rotatable bonds is 7. The molecule has 0 aliphatic carbocycles. The van der Waals surface area contributed by atoms with Crippen LogP contribution in [-0.4, -0.2) is 41.0 Å². The van der Waals surface area contributed by atoms with Gasteiger partial charge in [-0.15, -0.1) is 0 Å². The van der Waals surface area contributed by atoms with Crippen molar-refractivity contribution in [3.8, 4) is 17.0 Å². The van der Waals surface area contributed by atoms with Gasteiger partial charge in [0.25, 0.3) is 5.91 Å². The fourth-order valence-corrected chi connectivity index (χ4v) is 2.36. The molecule has 0 radical (unpaired) electrons. The van der Waals surface area contributed by atoms with Crippen molar-refractivity contribution in [2.24, 2.45) is 5.92 Å². The van der Waals surface area contributed by atoms with E-state index >= 15 is 0 Å². The molecule has 124 valence electrons. The van der Waals surface area contributed by atoms with E-state index in [0.717, 1.165) is 17.7 Å². The van der Waals surface area contributed by atoms with E-state index in [1.54, 1.807) is 13.2 Å². The molecule has 2 aromatic rings. The minimum atomic E-state index is -0.267. The van der Waals surface area contributed by atoms with Crippen LogP contribution in [0.3, 0.4) is 0 Å². The number of carbonyl (C=O) groups is 1. The molecule has 1 heterocycles. The van der Waals surface area contributed by atoms with Gasteiger partial charge in [-0.25, -0.2) is 0 Å². The number of nitrogens with one attached hydrogen (secondary N) is 2. The Balaban J connectivity index is 2.06. The lowest BCUT2D eigenvalue weighted by molar-refractivity contribution is 0.0903. The largest absolute Gasteiger partial charge is 0.497 e. The van der Waals surface area contributed by atoms with Crippen LogP contribution in [0.4, 0.5) is 0 Å². The first-order valence-electron chi connectivity index (χ1n) is 7.65. The topological polar surface area (TPSA) is 87.2 Å². The predicted molar refractivity (Wildman–Crippen MR) is 88.4 cm³/mol. The third-order valence-corrected chi connectivity index (χ3v) is 3.52. The zero-order valence-electron chi connectivity index (χ0n) is 13.7. The van der Waals surface area contributed by atoms with E-state index in [4.69, 9.17) is 4.74 Å². The Kier molecular flexibility index (Phi) is 5.76. The Morgan fingerprint density at radius 1 is 1.35 bits per heavy atom. The Labute approximate surface area is 135 Å². The van der Waals surface area contributed by atoms with Crippen LogP contribution >= 0.6 is 0 Å². The molecule has 0 saturated heterocycles. The number of benzene rings is 1. The van der Waals surface area contributed by atoms with E-state index in [0.29, 0.717) is 17.3 Å². The van der Waals surface area contributed by atoms with Crippen LogP contribution in [0.15, 0.2) is 30.3 Å². The Bertz CT molecular complexity index is 635. The second-order valence-corrected chi connectivity index (χ2v) is 5.88. The second kappa shape index (κ2) is 7.78. The van der Waals surface area contributed by atoms with Crippen molar-refractivity contribution < 1.29 is 14.6 Å². The van der Waals surface area contributed by atoms with Gasteiger partial charge in [0.15, 0.2) is 0 Å². The number of carbonyl (C=O) groups excluding carboxylic acids is 1. The summed E-state index contributed by atoms with van der Waals surface area (Å²) in [5.41, 5.74) is 1.95. The molecule has 1 unspecified atom stereocenters. The molecule has 0 aliphatic heterocycles. The highest BCUT2D eigenvalue weighted by atomic mass is 16.5. The molecule has 1 aromatic carbocycles. The number of amides is 1. The number of H-pyrrole nitrogens is 1. The molecule has 0 aliphatic rings. The lowest BCUT2D eigenvalue weighted by atomic mass is 10.0. The molecule has 0 bridgehead atoms. The number of hydrogen-bond donors (Lipinski definition) is 3. The average Bonchev–Trinajstić information content (AvgIpc) is 3.04. The third-order valence-electron chi connectivity index (χ3n) is 3.52. The summed E-state index contributed by atoms with van der Waals surface area (Å²) in [6, 6.07) is 8.89. The van der Waals surface area contributed by atoms with Crippen LogP contribution in [-0.2, 0) is 0 Å². The lowest BCUT2D eigenvalue weighted by Crippen LogP contribution is -2.38. The lowest BCUT2D eigenvalue weighted by Gasteiger charge is -2.17.